The molecule has 0 saturated carbocycles. The van der Waals surface area contributed by atoms with Gasteiger partial charge < -0.3 is 9.88 Å². The number of nitrogens with zero attached hydrogens (tertiary/aromatic N) is 4. The Morgan fingerprint density at radius 2 is 2.41 bits per heavy atom. The number of rotatable bonds is 5. The summed E-state index contributed by atoms with van der Waals surface area (Å²) in [6.45, 7) is 1.16. The second-order valence-corrected chi connectivity index (χ2v) is 4.40. The van der Waals surface area contributed by atoms with Gasteiger partial charge in [0.1, 0.15) is 12.2 Å². The van der Waals surface area contributed by atoms with E-state index in [0.717, 1.165) is 22.7 Å². The molecule has 0 radical (unpaired) electrons. The molecule has 2 aromatic rings. The van der Waals surface area contributed by atoms with Crippen LogP contribution in [0.5, 0.6) is 0 Å². The second-order valence-electron chi connectivity index (χ2n) is 3.51. The molecule has 90 valence electrons. The van der Waals surface area contributed by atoms with Gasteiger partial charge in [-0.05, 0) is 5.56 Å². The molecule has 0 amide bonds. The van der Waals surface area contributed by atoms with Gasteiger partial charge in [-0.3, -0.25) is 10.1 Å². The smallest absolute Gasteiger partial charge is 0.320 e. The molecule has 17 heavy (non-hydrogen) atoms. The van der Waals surface area contributed by atoms with Gasteiger partial charge >= 0.3 is 5.00 Å². The number of nitro groups is 1. The van der Waals surface area contributed by atoms with Gasteiger partial charge in [-0.2, -0.15) is 0 Å². The Labute approximate surface area is 101 Å². The molecular formula is C9H11N5O2S. The molecule has 0 aliphatic carbocycles. The molecule has 2 heterocycles. The van der Waals surface area contributed by atoms with Crippen molar-refractivity contribution in [1.82, 2.24) is 20.1 Å². The van der Waals surface area contributed by atoms with Crippen molar-refractivity contribution in [2.75, 3.05) is 0 Å². The zero-order valence-corrected chi connectivity index (χ0v) is 9.98. The lowest BCUT2D eigenvalue weighted by molar-refractivity contribution is -0.380. The highest BCUT2D eigenvalue weighted by molar-refractivity contribution is 7.13. The van der Waals surface area contributed by atoms with Gasteiger partial charge in [-0.1, -0.05) is 11.3 Å². The van der Waals surface area contributed by atoms with Crippen LogP contribution < -0.4 is 5.32 Å². The van der Waals surface area contributed by atoms with Crippen LogP contribution in [-0.2, 0) is 20.1 Å². The summed E-state index contributed by atoms with van der Waals surface area (Å²) in [7, 11) is 1.87. The number of nitrogens with one attached hydrogen (secondary N) is 1. The summed E-state index contributed by atoms with van der Waals surface area (Å²) in [6, 6.07) is 1.58. The van der Waals surface area contributed by atoms with Crippen molar-refractivity contribution in [2.45, 2.75) is 13.1 Å². The van der Waals surface area contributed by atoms with Crippen molar-refractivity contribution < 1.29 is 4.92 Å². The van der Waals surface area contributed by atoms with Crippen LogP contribution in [0.1, 0.15) is 11.4 Å². The van der Waals surface area contributed by atoms with Crippen LogP contribution in [0, 0.1) is 10.1 Å². The highest BCUT2D eigenvalue weighted by Gasteiger charge is 2.09. The van der Waals surface area contributed by atoms with Crippen molar-refractivity contribution in [3.05, 3.63) is 39.3 Å². The minimum atomic E-state index is -0.378. The quantitative estimate of drug-likeness (QED) is 0.636. The van der Waals surface area contributed by atoms with Gasteiger partial charge in [-0.15, -0.1) is 10.2 Å². The summed E-state index contributed by atoms with van der Waals surface area (Å²) in [5, 5.41) is 23.3. The van der Waals surface area contributed by atoms with E-state index in [4.69, 9.17) is 0 Å². The van der Waals surface area contributed by atoms with Gasteiger partial charge in [-0.25, -0.2) is 0 Å². The van der Waals surface area contributed by atoms with E-state index in [2.05, 4.69) is 15.5 Å². The summed E-state index contributed by atoms with van der Waals surface area (Å²) < 4.78 is 1.82. The van der Waals surface area contributed by atoms with Crippen LogP contribution >= 0.6 is 11.3 Å². The highest BCUT2D eigenvalue weighted by Crippen LogP contribution is 2.22. The zero-order valence-electron chi connectivity index (χ0n) is 9.16. The summed E-state index contributed by atoms with van der Waals surface area (Å²) in [4.78, 5) is 10.1. The molecule has 2 rings (SSSR count). The molecule has 1 N–H and O–H groups in total. The Balaban J connectivity index is 1.86. The van der Waals surface area contributed by atoms with Crippen LogP contribution in [0.15, 0.2) is 17.8 Å². The van der Waals surface area contributed by atoms with E-state index in [1.165, 1.54) is 0 Å². The molecule has 0 aromatic carbocycles. The largest absolute Gasteiger partial charge is 0.324 e. The maximum atomic E-state index is 10.5. The Morgan fingerprint density at radius 3 is 3.00 bits per heavy atom. The van der Waals surface area contributed by atoms with E-state index in [1.54, 1.807) is 17.8 Å². The molecular weight excluding hydrogens is 242 g/mol. The van der Waals surface area contributed by atoms with E-state index in [0.29, 0.717) is 13.1 Å². The third-order valence-corrected chi connectivity index (χ3v) is 3.17. The molecule has 0 spiro atoms. The molecule has 0 fully saturated rings. The molecule has 8 heteroatoms. The van der Waals surface area contributed by atoms with E-state index in [9.17, 15) is 10.1 Å². The Morgan fingerprint density at radius 1 is 1.59 bits per heavy atom. The minimum Gasteiger partial charge on any atom is -0.320 e. The number of aromatic nitrogens is 3. The van der Waals surface area contributed by atoms with Crippen molar-refractivity contribution in [3.8, 4) is 0 Å². The SMILES string of the molecule is Cn1cnnc1CNCc1csc([N+](=O)[O-])c1. The third-order valence-electron chi connectivity index (χ3n) is 2.24. The molecule has 7 nitrogen and oxygen atoms in total. The fourth-order valence-electron chi connectivity index (χ4n) is 1.34. The zero-order chi connectivity index (χ0) is 12.3. The van der Waals surface area contributed by atoms with Crippen LogP contribution in [0.2, 0.25) is 0 Å². The predicted molar refractivity (Wildman–Crippen MR) is 62.5 cm³/mol. The normalized spacial score (nSPS) is 10.6. The predicted octanol–water partition coefficient (Wildman–Crippen LogP) is 1.07. The number of hydrogen-bond donors (Lipinski definition) is 1. The van der Waals surface area contributed by atoms with Gasteiger partial charge in [0, 0.05) is 25.0 Å². The first-order valence-electron chi connectivity index (χ1n) is 4.92. The Bertz CT molecular complexity index is 521. The van der Waals surface area contributed by atoms with Gasteiger partial charge in [0.15, 0.2) is 0 Å². The number of aryl methyl sites for hydroxylation is 1. The number of hydrogen-bond acceptors (Lipinski definition) is 6. The van der Waals surface area contributed by atoms with E-state index in [1.807, 2.05) is 11.6 Å². The summed E-state index contributed by atoms with van der Waals surface area (Å²) >= 11 is 1.14. The van der Waals surface area contributed by atoms with Crippen molar-refractivity contribution in [1.29, 1.82) is 0 Å². The summed E-state index contributed by atoms with van der Waals surface area (Å²) in [5.74, 6) is 0.828. The monoisotopic (exact) mass is 253 g/mol. The molecule has 0 bridgehead atoms. The first-order valence-corrected chi connectivity index (χ1v) is 5.80. The lowest BCUT2D eigenvalue weighted by Crippen LogP contribution is -2.15. The highest BCUT2D eigenvalue weighted by atomic mass is 32.1. The maximum absolute atomic E-state index is 10.5. The molecule has 0 aliphatic heterocycles. The standard InChI is InChI=1S/C9H11N5O2S/c1-13-6-11-12-8(13)4-10-3-7-2-9(14(15)16)17-5-7/h2,5-6,10H,3-4H2,1H3. The van der Waals surface area contributed by atoms with Gasteiger partial charge in [0.05, 0.1) is 11.5 Å². The first kappa shape index (κ1) is 11.7. The molecule has 0 saturated heterocycles. The molecule has 0 aliphatic rings. The fourth-order valence-corrected chi connectivity index (χ4v) is 2.07. The summed E-state index contributed by atoms with van der Waals surface area (Å²) in [6.07, 6.45) is 1.63. The minimum absolute atomic E-state index is 0.167. The average Bonchev–Trinajstić information content (AvgIpc) is 2.89. The van der Waals surface area contributed by atoms with Gasteiger partial charge in [0.2, 0.25) is 0 Å². The second kappa shape index (κ2) is 5.02. The Hall–Kier alpha value is -1.80. The maximum Gasteiger partial charge on any atom is 0.324 e. The number of thiophene rings is 1. The van der Waals surface area contributed by atoms with Crippen LogP contribution in [0.3, 0.4) is 0 Å². The van der Waals surface area contributed by atoms with Crippen LogP contribution in [0.25, 0.3) is 0 Å². The fraction of sp³-hybridized carbons (Fsp3) is 0.333. The molecule has 2 aromatic heterocycles. The van der Waals surface area contributed by atoms with E-state index >= 15 is 0 Å². The Kier molecular flexibility index (Phi) is 3.45. The first-order chi connectivity index (χ1) is 8.16. The summed E-state index contributed by atoms with van der Waals surface area (Å²) in [5.41, 5.74) is 0.906. The van der Waals surface area contributed by atoms with Crippen molar-refractivity contribution >= 4 is 16.3 Å². The molecule has 0 unspecified atom stereocenters. The van der Waals surface area contributed by atoms with E-state index < -0.39 is 0 Å². The lowest BCUT2D eigenvalue weighted by atomic mass is 10.3. The van der Waals surface area contributed by atoms with Crippen molar-refractivity contribution in [3.63, 3.8) is 0 Å². The topological polar surface area (TPSA) is 85.9 Å². The van der Waals surface area contributed by atoms with Crippen LogP contribution in [0.4, 0.5) is 5.00 Å². The van der Waals surface area contributed by atoms with Crippen LogP contribution in [-0.4, -0.2) is 19.7 Å². The lowest BCUT2D eigenvalue weighted by Gasteiger charge is -2.01. The van der Waals surface area contributed by atoms with Gasteiger partial charge in [0.25, 0.3) is 0 Å². The van der Waals surface area contributed by atoms with E-state index in [-0.39, 0.29) is 9.92 Å². The van der Waals surface area contributed by atoms with Crippen molar-refractivity contribution in [2.24, 2.45) is 7.05 Å². The average molecular weight is 253 g/mol. The third kappa shape index (κ3) is 2.86. The molecule has 0 atom stereocenters.